The number of likely N-dealkylation sites (N-methyl/N-ethyl adjacent to an activating group) is 1. The number of halogens is 1. The minimum Gasteiger partial charge on any atom is -0.336 e. The number of piperazine rings is 1. The lowest BCUT2D eigenvalue weighted by Crippen LogP contribution is -2.47. The number of nitrogens with one attached hydrogen (secondary N) is 3. The molecule has 0 bridgehead atoms. The van der Waals surface area contributed by atoms with Crippen molar-refractivity contribution in [2.45, 2.75) is 6.42 Å². The van der Waals surface area contributed by atoms with E-state index in [-0.39, 0.29) is 29.8 Å². The van der Waals surface area contributed by atoms with E-state index in [2.05, 4.69) is 25.7 Å². The number of rotatable bonds is 6. The summed E-state index contributed by atoms with van der Waals surface area (Å²) in [4.78, 5) is 41.4. The summed E-state index contributed by atoms with van der Waals surface area (Å²) in [7, 11) is 2.04. The van der Waals surface area contributed by atoms with E-state index >= 15 is 0 Å². The summed E-state index contributed by atoms with van der Waals surface area (Å²) in [5.74, 6) is -0.385. The fourth-order valence-corrected chi connectivity index (χ4v) is 3.82. The molecule has 1 fully saturated rings. The van der Waals surface area contributed by atoms with Crippen LogP contribution in [-0.4, -0.2) is 76.8 Å². The molecule has 3 aromatic rings. The van der Waals surface area contributed by atoms with E-state index in [1.54, 1.807) is 42.5 Å². The SMILES string of the molecule is CN1CCN(C(=O)c2ccc(NC(=O)c3n[nH]c4ccc(NC(=O)CCCl)cc34)cc2)CC1. The highest BCUT2D eigenvalue weighted by Crippen LogP contribution is 2.22. The first-order valence-electron chi connectivity index (χ1n) is 10.7. The van der Waals surface area contributed by atoms with Crippen LogP contribution in [-0.2, 0) is 4.79 Å². The van der Waals surface area contributed by atoms with Crippen LogP contribution in [0.25, 0.3) is 10.9 Å². The van der Waals surface area contributed by atoms with Gasteiger partial charge in [-0.15, -0.1) is 11.6 Å². The Morgan fingerprint density at radius 2 is 1.70 bits per heavy atom. The van der Waals surface area contributed by atoms with Gasteiger partial charge in [-0.2, -0.15) is 5.10 Å². The standard InChI is InChI=1S/C23H25ClN6O3/c1-29-10-12-30(13-11-29)23(33)15-2-4-16(5-3-15)26-22(32)21-18-14-17(25-20(31)8-9-24)6-7-19(18)27-28-21/h2-7,14H,8-13H2,1H3,(H,25,31)(H,26,32)(H,27,28). The topological polar surface area (TPSA) is 110 Å². The first-order chi connectivity index (χ1) is 15.9. The molecule has 1 aliphatic heterocycles. The number of amides is 3. The van der Waals surface area contributed by atoms with Crippen molar-refractivity contribution >= 4 is 51.6 Å². The molecule has 2 heterocycles. The van der Waals surface area contributed by atoms with Crippen LogP contribution in [0, 0.1) is 0 Å². The number of carbonyl (C=O) groups excluding carboxylic acids is 3. The molecule has 2 aromatic carbocycles. The van der Waals surface area contributed by atoms with E-state index < -0.39 is 5.91 Å². The van der Waals surface area contributed by atoms with Crippen molar-refractivity contribution in [1.29, 1.82) is 0 Å². The largest absolute Gasteiger partial charge is 0.336 e. The molecule has 4 rings (SSSR count). The van der Waals surface area contributed by atoms with Gasteiger partial charge in [0.1, 0.15) is 0 Å². The number of carbonyl (C=O) groups is 3. The van der Waals surface area contributed by atoms with Crippen LogP contribution in [0.2, 0.25) is 0 Å². The van der Waals surface area contributed by atoms with Gasteiger partial charge < -0.3 is 20.4 Å². The molecular weight excluding hydrogens is 444 g/mol. The minimum atomic E-state index is -0.399. The molecular formula is C23H25ClN6O3. The Hall–Kier alpha value is -3.43. The van der Waals surface area contributed by atoms with Crippen LogP contribution in [0.3, 0.4) is 0 Å². The second-order valence-corrected chi connectivity index (χ2v) is 8.32. The minimum absolute atomic E-state index is 0.0111. The quantitative estimate of drug-likeness (QED) is 0.482. The Balaban J connectivity index is 1.44. The Morgan fingerprint density at radius 1 is 1.00 bits per heavy atom. The van der Waals surface area contributed by atoms with Crippen molar-refractivity contribution in [3.8, 4) is 0 Å². The van der Waals surface area contributed by atoms with Crippen molar-refractivity contribution in [3.63, 3.8) is 0 Å². The van der Waals surface area contributed by atoms with Crippen molar-refractivity contribution in [2.24, 2.45) is 0 Å². The predicted molar refractivity (Wildman–Crippen MR) is 128 cm³/mol. The molecule has 1 saturated heterocycles. The van der Waals surface area contributed by atoms with Crippen LogP contribution in [0.5, 0.6) is 0 Å². The maximum atomic E-state index is 12.8. The third-order valence-corrected chi connectivity index (χ3v) is 5.75. The lowest BCUT2D eigenvalue weighted by Gasteiger charge is -2.32. The van der Waals surface area contributed by atoms with Gasteiger partial charge in [-0.05, 0) is 49.5 Å². The number of nitrogens with zero attached hydrogens (tertiary/aromatic N) is 3. The van der Waals surface area contributed by atoms with Crippen LogP contribution < -0.4 is 10.6 Å². The number of fused-ring (bicyclic) bond motifs is 1. The maximum Gasteiger partial charge on any atom is 0.276 e. The van der Waals surface area contributed by atoms with Crippen molar-refractivity contribution in [1.82, 2.24) is 20.0 Å². The molecule has 0 saturated carbocycles. The Bertz CT molecular complexity index is 1170. The lowest BCUT2D eigenvalue weighted by atomic mass is 10.1. The van der Waals surface area contributed by atoms with Crippen LogP contribution >= 0.6 is 11.6 Å². The molecule has 33 heavy (non-hydrogen) atoms. The normalized spacial score (nSPS) is 14.3. The Labute approximate surface area is 196 Å². The summed E-state index contributed by atoms with van der Waals surface area (Å²) in [6.45, 7) is 3.12. The van der Waals surface area contributed by atoms with Gasteiger partial charge in [-0.1, -0.05) is 0 Å². The van der Waals surface area contributed by atoms with Crippen molar-refractivity contribution in [2.75, 3.05) is 49.7 Å². The van der Waals surface area contributed by atoms with Gasteiger partial charge in [-0.3, -0.25) is 19.5 Å². The van der Waals surface area contributed by atoms with E-state index in [1.165, 1.54) is 0 Å². The Kier molecular flexibility index (Phi) is 6.90. The summed E-state index contributed by atoms with van der Waals surface area (Å²) >= 11 is 5.60. The monoisotopic (exact) mass is 468 g/mol. The van der Waals surface area contributed by atoms with Gasteiger partial charge in [0, 0.05) is 60.8 Å². The van der Waals surface area contributed by atoms with Crippen LogP contribution in [0.1, 0.15) is 27.3 Å². The summed E-state index contributed by atoms with van der Waals surface area (Å²) in [6, 6.07) is 12.0. The zero-order valence-corrected chi connectivity index (χ0v) is 19.0. The molecule has 3 N–H and O–H groups in total. The number of hydrogen-bond acceptors (Lipinski definition) is 5. The first kappa shape index (κ1) is 22.8. The van der Waals surface area contributed by atoms with Gasteiger partial charge >= 0.3 is 0 Å². The molecule has 0 spiro atoms. The van der Waals surface area contributed by atoms with Gasteiger partial charge in [0.15, 0.2) is 5.69 Å². The number of alkyl halides is 1. The van der Waals surface area contributed by atoms with Crippen molar-refractivity contribution < 1.29 is 14.4 Å². The molecule has 0 unspecified atom stereocenters. The van der Waals surface area contributed by atoms with E-state index in [9.17, 15) is 14.4 Å². The number of aromatic amines is 1. The van der Waals surface area contributed by atoms with Crippen LogP contribution in [0.15, 0.2) is 42.5 Å². The fourth-order valence-electron chi connectivity index (χ4n) is 3.65. The molecule has 1 aromatic heterocycles. The number of aromatic nitrogens is 2. The first-order valence-corrected chi connectivity index (χ1v) is 11.2. The number of benzene rings is 2. The number of anilines is 2. The lowest BCUT2D eigenvalue weighted by molar-refractivity contribution is -0.115. The number of H-pyrrole nitrogens is 1. The van der Waals surface area contributed by atoms with E-state index in [4.69, 9.17) is 11.6 Å². The summed E-state index contributed by atoms with van der Waals surface area (Å²) in [6.07, 6.45) is 0.200. The highest BCUT2D eigenvalue weighted by atomic mass is 35.5. The molecule has 9 nitrogen and oxygen atoms in total. The van der Waals surface area contributed by atoms with Gasteiger partial charge in [0.2, 0.25) is 5.91 Å². The van der Waals surface area contributed by atoms with Gasteiger partial charge in [0.25, 0.3) is 11.8 Å². The van der Waals surface area contributed by atoms with E-state index in [0.29, 0.717) is 40.9 Å². The maximum absolute atomic E-state index is 12.8. The second kappa shape index (κ2) is 10.0. The molecule has 0 radical (unpaired) electrons. The van der Waals surface area contributed by atoms with Crippen molar-refractivity contribution in [3.05, 3.63) is 53.7 Å². The molecule has 172 valence electrons. The average molecular weight is 469 g/mol. The Morgan fingerprint density at radius 3 is 2.39 bits per heavy atom. The summed E-state index contributed by atoms with van der Waals surface area (Å²) < 4.78 is 0. The predicted octanol–water partition coefficient (Wildman–Crippen LogP) is 2.77. The fraction of sp³-hybridized carbons (Fsp3) is 0.304. The number of hydrogen-bond donors (Lipinski definition) is 3. The molecule has 1 aliphatic rings. The molecule has 0 atom stereocenters. The van der Waals surface area contributed by atoms with Gasteiger partial charge in [-0.25, -0.2) is 0 Å². The molecule has 10 heteroatoms. The highest BCUT2D eigenvalue weighted by Gasteiger charge is 2.20. The summed E-state index contributed by atoms with van der Waals surface area (Å²) in [5, 5.41) is 13.1. The molecule has 3 amide bonds. The summed E-state index contributed by atoms with van der Waals surface area (Å²) in [5.41, 5.74) is 2.57. The third kappa shape index (κ3) is 5.32. The van der Waals surface area contributed by atoms with E-state index in [0.717, 1.165) is 13.1 Å². The van der Waals surface area contributed by atoms with E-state index in [1.807, 2.05) is 11.9 Å². The zero-order valence-electron chi connectivity index (χ0n) is 18.2. The van der Waals surface area contributed by atoms with Crippen LogP contribution in [0.4, 0.5) is 11.4 Å². The highest BCUT2D eigenvalue weighted by molar-refractivity contribution is 6.19. The second-order valence-electron chi connectivity index (χ2n) is 7.95. The smallest absolute Gasteiger partial charge is 0.276 e. The average Bonchev–Trinajstić information content (AvgIpc) is 3.23. The van der Waals surface area contributed by atoms with Gasteiger partial charge in [0.05, 0.1) is 5.52 Å². The molecule has 0 aliphatic carbocycles. The third-order valence-electron chi connectivity index (χ3n) is 5.56. The zero-order chi connectivity index (χ0) is 23.4.